The Labute approximate surface area is 114 Å². The van der Waals surface area contributed by atoms with Gasteiger partial charge in [-0.05, 0) is 42.7 Å². The van der Waals surface area contributed by atoms with Crippen LogP contribution in [0.2, 0.25) is 0 Å². The maximum absolute atomic E-state index is 5.02. The van der Waals surface area contributed by atoms with Crippen molar-refractivity contribution in [2.24, 2.45) is 0 Å². The Kier molecular flexibility index (Phi) is 4.71. The van der Waals surface area contributed by atoms with Gasteiger partial charge >= 0.3 is 0 Å². The van der Waals surface area contributed by atoms with Gasteiger partial charge in [0.1, 0.15) is 0 Å². The van der Waals surface area contributed by atoms with Crippen molar-refractivity contribution >= 4 is 0 Å². The van der Waals surface area contributed by atoms with Crippen LogP contribution in [0.3, 0.4) is 0 Å². The van der Waals surface area contributed by atoms with E-state index in [-0.39, 0.29) is 0 Å². The molecule has 4 heteroatoms. The molecule has 0 spiro atoms. The molecular weight excluding hydrogens is 238 g/mol. The number of hydrogen-bond donors (Lipinski definition) is 1. The summed E-state index contributed by atoms with van der Waals surface area (Å²) in [6, 6.07) is 6.42. The van der Waals surface area contributed by atoms with Gasteiger partial charge in [-0.25, -0.2) is 4.68 Å². The van der Waals surface area contributed by atoms with Gasteiger partial charge in [-0.15, -0.1) is 0 Å². The molecule has 0 aliphatic rings. The lowest BCUT2D eigenvalue weighted by Crippen LogP contribution is -2.19. The second kappa shape index (κ2) is 6.50. The quantitative estimate of drug-likeness (QED) is 0.809. The van der Waals surface area contributed by atoms with E-state index in [1.165, 1.54) is 16.7 Å². The second-order valence-electron chi connectivity index (χ2n) is 4.74. The van der Waals surface area contributed by atoms with Crippen molar-refractivity contribution in [2.75, 3.05) is 20.3 Å². The van der Waals surface area contributed by atoms with Crippen molar-refractivity contribution < 1.29 is 4.74 Å². The number of aryl methyl sites for hydroxylation is 2. The highest BCUT2D eigenvalue weighted by Gasteiger charge is 2.02. The Morgan fingerprint density at radius 1 is 1.32 bits per heavy atom. The van der Waals surface area contributed by atoms with Crippen LogP contribution in [-0.2, 0) is 11.3 Å². The lowest BCUT2D eigenvalue weighted by atomic mass is 10.1. The first-order chi connectivity index (χ1) is 9.20. The van der Waals surface area contributed by atoms with Crippen molar-refractivity contribution in [3.05, 3.63) is 47.3 Å². The molecule has 4 nitrogen and oxygen atoms in total. The van der Waals surface area contributed by atoms with Crippen LogP contribution in [0.4, 0.5) is 0 Å². The number of ether oxygens (including phenoxy) is 1. The highest BCUT2D eigenvalue weighted by Crippen LogP contribution is 2.14. The van der Waals surface area contributed by atoms with E-state index in [9.17, 15) is 0 Å². The predicted octanol–water partition coefficient (Wildman–Crippen LogP) is 2.23. The lowest BCUT2D eigenvalue weighted by molar-refractivity contribution is 0.199. The van der Waals surface area contributed by atoms with E-state index < -0.39 is 0 Å². The predicted molar refractivity (Wildman–Crippen MR) is 76.6 cm³/mol. The molecule has 0 bridgehead atoms. The van der Waals surface area contributed by atoms with Crippen molar-refractivity contribution in [3.8, 4) is 5.69 Å². The monoisotopic (exact) mass is 259 g/mol. The molecule has 0 fully saturated rings. The maximum Gasteiger partial charge on any atom is 0.0648 e. The summed E-state index contributed by atoms with van der Waals surface area (Å²) in [6.07, 6.45) is 3.90. The smallest absolute Gasteiger partial charge is 0.0648 e. The second-order valence-corrected chi connectivity index (χ2v) is 4.74. The Morgan fingerprint density at radius 2 is 2.16 bits per heavy atom. The van der Waals surface area contributed by atoms with Crippen LogP contribution in [0, 0.1) is 13.8 Å². The van der Waals surface area contributed by atoms with Gasteiger partial charge in [0.2, 0.25) is 0 Å². The Morgan fingerprint density at radius 3 is 2.79 bits per heavy atom. The highest BCUT2D eigenvalue weighted by molar-refractivity contribution is 5.39. The summed E-state index contributed by atoms with van der Waals surface area (Å²) in [5, 5.41) is 7.69. The minimum absolute atomic E-state index is 0.740. The van der Waals surface area contributed by atoms with Crippen molar-refractivity contribution in [1.82, 2.24) is 15.1 Å². The van der Waals surface area contributed by atoms with Crippen molar-refractivity contribution in [3.63, 3.8) is 0 Å². The lowest BCUT2D eigenvalue weighted by Gasteiger charge is -2.10. The van der Waals surface area contributed by atoms with Gasteiger partial charge in [-0.1, -0.05) is 6.07 Å². The van der Waals surface area contributed by atoms with E-state index in [4.69, 9.17) is 4.74 Å². The summed E-state index contributed by atoms with van der Waals surface area (Å²) >= 11 is 0. The van der Waals surface area contributed by atoms with Crippen molar-refractivity contribution in [1.29, 1.82) is 0 Å². The maximum atomic E-state index is 5.02. The molecule has 19 heavy (non-hydrogen) atoms. The molecule has 2 aromatic rings. The third-order valence-corrected chi connectivity index (χ3v) is 3.10. The van der Waals surface area contributed by atoms with Gasteiger partial charge in [-0.2, -0.15) is 5.10 Å². The molecule has 2 rings (SSSR count). The zero-order valence-corrected chi connectivity index (χ0v) is 11.8. The fraction of sp³-hybridized carbons (Fsp3) is 0.400. The van der Waals surface area contributed by atoms with E-state index in [1.807, 2.05) is 24.0 Å². The topological polar surface area (TPSA) is 39.1 Å². The molecule has 102 valence electrons. The molecule has 0 saturated carbocycles. The van der Waals surface area contributed by atoms with E-state index in [2.05, 4.69) is 35.5 Å². The average molecular weight is 259 g/mol. The van der Waals surface area contributed by atoms with Gasteiger partial charge in [0.15, 0.2) is 0 Å². The van der Waals surface area contributed by atoms with E-state index in [0.29, 0.717) is 0 Å². The fourth-order valence-corrected chi connectivity index (χ4v) is 1.97. The van der Waals surface area contributed by atoms with Gasteiger partial charge in [0, 0.05) is 26.4 Å². The molecule has 0 saturated heterocycles. The van der Waals surface area contributed by atoms with E-state index in [1.54, 1.807) is 7.11 Å². The molecule has 0 amide bonds. The molecule has 1 heterocycles. The Hall–Kier alpha value is -1.65. The number of hydrogen-bond acceptors (Lipinski definition) is 3. The minimum Gasteiger partial charge on any atom is -0.383 e. The summed E-state index contributed by atoms with van der Waals surface area (Å²) in [7, 11) is 1.72. The van der Waals surface area contributed by atoms with Crippen LogP contribution in [0.15, 0.2) is 30.6 Å². The molecule has 0 aliphatic carbocycles. The van der Waals surface area contributed by atoms with Gasteiger partial charge in [0.25, 0.3) is 0 Å². The molecule has 0 aliphatic heterocycles. The fourth-order valence-electron chi connectivity index (χ4n) is 1.97. The number of benzene rings is 1. The summed E-state index contributed by atoms with van der Waals surface area (Å²) in [4.78, 5) is 0. The molecule has 1 aromatic heterocycles. The standard InChI is InChI=1S/C15H21N3O/c1-12-9-17-18(11-12)15-5-4-14(13(2)8-15)10-16-6-7-19-3/h4-5,8-9,11,16H,6-7,10H2,1-3H3. The zero-order valence-electron chi connectivity index (χ0n) is 11.8. The van der Waals surface area contributed by atoms with Crippen molar-refractivity contribution in [2.45, 2.75) is 20.4 Å². The normalized spacial score (nSPS) is 10.9. The van der Waals surface area contributed by atoms with E-state index in [0.717, 1.165) is 25.4 Å². The first kappa shape index (κ1) is 13.8. The van der Waals surface area contributed by atoms with Crippen LogP contribution < -0.4 is 5.32 Å². The summed E-state index contributed by atoms with van der Waals surface area (Å²) in [5.74, 6) is 0. The Balaban J connectivity index is 2.04. The number of methoxy groups -OCH3 is 1. The summed E-state index contributed by atoms with van der Waals surface area (Å²) < 4.78 is 6.92. The zero-order chi connectivity index (χ0) is 13.7. The van der Waals surface area contributed by atoms with Crippen LogP contribution in [0.25, 0.3) is 5.69 Å². The third-order valence-electron chi connectivity index (χ3n) is 3.10. The van der Waals surface area contributed by atoms with Crippen LogP contribution >= 0.6 is 0 Å². The molecule has 1 N–H and O–H groups in total. The number of rotatable bonds is 6. The SMILES string of the molecule is COCCNCc1ccc(-n2cc(C)cn2)cc1C. The summed E-state index contributed by atoms with van der Waals surface area (Å²) in [5.41, 5.74) is 4.86. The van der Waals surface area contributed by atoms with Gasteiger partial charge < -0.3 is 10.1 Å². The number of aromatic nitrogens is 2. The van der Waals surface area contributed by atoms with Crippen LogP contribution in [0.5, 0.6) is 0 Å². The highest BCUT2D eigenvalue weighted by atomic mass is 16.5. The average Bonchev–Trinajstić information content (AvgIpc) is 2.83. The minimum atomic E-state index is 0.740. The first-order valence-electron chi connectivity index (χ1n) is 6.51. The molecule has 0 atom stereocenters. The van der Waals surface area contributed by atoms with E-state index >= 15 is 0 Å². The van der Waals surface area contributed by atoms with Gasteiger partial charge in [0.05, 0.1) is 18.5 Å². The number of nitrogens with one attached hydrogen (secondary N) is 1. The van der Waals surface area contributed by atoms with Crippen LogP contribution in [-0.4, -0.2) is 30.0 Å². The van der Waals surface area contributed by atoms with Gasteiger partial charge in [-0.3, -0.25) is 0 Å². The number of nitrogens with zero attached hydrogens (tertiary/aromatic N) is 2. The molecule has 1 aromatic carbocycles. The first-order valence-corrected chi connectivity index (χ1v) is 6.51. The molecular formula is C15H21N3O. The Bertz CT molecular complexity index is 534. The van der Waals surface area contributed by atoms with Crippen LogP contribution in [0.1, 0.15) is 16.7 Å². The largest absolute Gasteiger partial charge is 0.383 e. The third kappa shape index (κ3) is 3.66. The molecule has 0 unspecified atom stereocenters. The molecule has 0 radical (unpaired) electrons. The summed E-state index contributed by atoms with van der Waals surface area (Å²) in [6.45, 7) is 6.66.